The van der Waals surface area contributed by atoms with E-state index >= 15 is 0 Å². The summed E-state index contributed by atoms with van der Waals surface area (Å²) in [5, 5.41) is 8.81. The average Bonchev–Trinajstić information content (AvgIpc) is 2.37. The quantitative estimate of drug-likeness (QED) is 0.867. The van der Waals surface area contributed by atoms with Crippen LogP contribution < -0.4 is 10.6 Å². The molecule has 96 valence electrons. The van der Waals surface area contributed by atoms with Crippen LogP contribution in [0.2, 0.25) is 0 Å². The molecule has 1 aromatic rings. The molecule has 1 aromatic carbocycles. The Hall–Kier alpha value is -1.53. The molecular formula is C15H21N3. The van der Waals surface area contributed by atoms with Gasteiger partial charge in [0, 0.05) is 18.8 Å². The highest BCUT2D eigenvalue weighted by Gasteiger charge is 2.34. The molecule has 0 spiro atoms. The molecule has 1 atom stereocenters. The highest BCUT2D eigenvalue weighted by Crippen LogP contribution is 2.36. The Bertz CT molecular complexity index is 442. The highest BCUT2D eigenvalue weighted by atomic mass is 15.1. The molecule has 2 N–H and O–H groups in total. The molecule has 1 aliphatic heterocycles. The predicted molar refractivity (Wildman–Crippen MR) is 74.3 cm³/mol. The van der Waals surface area contributed by atoms with Gasteiger partial charge in [-0.05, 0) is 48.6 Å². The van der Waals surface area contributed by atoms with Gasteiger partial charge in [-0.2, -0.15) is 5.26 Å². The number of hydrogen-bond acceptors (Lipinski definition) is 3. The third kappa shape index (κ3) is 2.49. The lowest BCUT2D eigenvalue weighted by molar-refractivity contribution is 0.182. The van der Waals surface area contributed by atoms with Crippen molar-refractivity contribution in [1.82, 2.24) is 0 Å². The van der Waals surface area contributed by atoms with Gasteiger partial charge in [0.25, 0.3) is 0 Å². The first-order valence-electron chi connectivity index (χ1n) is 6.52. The summed E-state index contributed by atoms with van der Waals surface area (Å²) in [5.41, 5.74) is 8.02. The van der Waals surface area contributed by atoms with E-state index in [2.05, 4.69) is 24.8 Å². The number of benzene rings is 1. The van der Waals surface area contributed by atoms with E-state index in [1.165, 1.54) is 5.69 Å². The molecule has 3 heteroatoms. The summed E-state index contributed by atoms with van der Waals surface area (Å²) in [6.07, 6.45) is 1.14. The predicted octanol–water partition coefficient (Wildman–Crippen LogP) is 2.37. The van der Waals surface area contributed by atoms with Crippen LogP contribution in [0.1, 0.15) is 25.8 Å². The van der Waals surface area contributed by atoms with E-state index in [1.807, 2.05) is 24.3 Å². The van der Waals surface area contributed by atoms with Gasteiger partial charge in [0.05, 0.1) is 11.6 Å². The lowest BCUT2D eigenvalue weighted by Crippen LogP contribution is -2.48. The summed E-state index contributed by atoms with van der Waals surface area (Å²) in [7, 11) is 0. The average molecular weight is 243 g/mol. The van der Waals surface area contributed by atoms with Crippen LogP contribution in [0.4, 0.5) is 5.69 Å². The van der Waals surface area contributed by atoms with Gasteiger partial charge in [0.1, 0.15) is 0 Å². The SMILES string of the molecule is CC1(C)CN(c2ccc(C#N)cc2)CCC1CN. The first-order chi connectivity index (χ1) is 8.56. The first-order valence-corrected chi connectivity index (χ1v) is 6.52. The summed E-state index contributed by atoms with van der Waals surface area (Å²) >= 11 is 0. The molecule has 0 aliphatic carbocycles. The van der Waals surface area contributed by atoms with Crippen LogP contribution in [0.5, 0.6) is 0 Å². The molecule has 2 rings (SSSR count). The fourth-order valence-corrected chi connectivity index (χ4v) is 2.81. The topological polar surface area (TPSA) is 53.0 Å². The maximum atomic E-state index is 8.81. The standard InChI is InChI=1S/C15H21N3/c1-15(2)11-18(8-7-13(15)10-17)14-5-3-12(9-16)4-6-14/h3-6,13H,7-8,10-11,17H2,1-2H3. The van der Waals surface area contributed by atoms with Crippen molar-refractivity contribution in [2.75, 3.05) is 24.5 Å². The summed E-state index contributed by atoms with van der Waals surface area (Å²) in [5.74, 6) is 0.604. The minimum Gasteiger partial charge on any atom is -0.371 e. The smallest absolute Gasteiger partial charge is 0.0991 e. The van der Waals surface area contributed by atoms with E-state index in [-0.39, 0.29) is 5.41 Å². The molecular weight excluding hydrogens is 222 g/mol. The second-order valence-electron chi connectivity index (χ2n) is 5.79. The van der Waals surface area contributed by atoms with Gasteiger partial charge in [-0.15, -0.1) is 0 Å². The Morgan fingerprint density at radius 1 is 1.39 bits per heavy atom. The summed E-state index contributed by atoms with van der Waals surface area (Å²) in [6, 6.07) is 10.0. The number of hydrogen-bond donors (Lipinski definition) is 1. The fourth-order valence-electron chi connectivity index (χ4n) is 2.81. The third-order valence-corrected chi connectivity index (χ3v) is 4.10. The zero-order valence-electron chi connectivity index (χ0n) is 11.2. The second kappa shape index (κ2) is 4.99. The molecule has 0 aromatic heterocycles. The summed E-state index contributed by atoms with van der Waals surface area (Å²) in [4.78, 5) is 2.40. The van der Waals surface area contributed by atoms with Crippen molar-refractivity contribution in [3.63, 3.8) is 0 Å². The van der Waals surface area contributed by atoms with Crippen LogP contribution in [-0.4, -0.2) is 19.6 Å². The van der Waals surface area contributed by atoms with Crippen molar-refractivity contribution >= 4 is 5.69 Å². The minimum atomic E-state index is 0.251. The first kappa shape index (κ1) is 12.9. The van der Waals surface area contributed by atoms with Crippen LogP contribution in [0.25, 0.3) is 0 Å². The van der Waals surface area contributed by atoms with Crippen molar-refractivity contribution in [2.24, 2.45) is 17.1 Å². The van der Waals surface area contributed by atoms with Gasteiger partial charge in [-0.1, -0.05) is 13.8 Å². The van der Waals surface area contributed by atoms with E-state index in [4.69, 9.17) is 11.0 Å². The van der Waals surface area contributed by atoms with Crippen molar-refractivity contribution in [3.05, 3.63) is 29.8 Å². The number of nitrogens with zero attached hydrogens (tertiary/aromatic N) is 2. The van der Waals surface area contributed by atoms with Crippen molar-refractivity contribution in [3.8, 4) is 6.07 Å². The molecule has 0 amide bonds. The summed E-state index contributed by atoms with van der Waals surface area (Å²) in [6.45, 7) is 7.44. The molecule has 18 heavy (non-hydrogen) atoms. The Morgan fingerprint density at radius 3 is 2.56 bits per heavy atom. The zero-order valence-corrected chi connectivity index (χ0v) is 11.2. The monoisotopic (exact) mass is 243 g/mol. The molecule has 3 nitrogen and oxygen atoms in total. The molecule has 1 fully saturated rings. The van der Waals surface area contributed by atoms with Gasteiger partial charge >= 0.3 is 0 Å². The largest absolute Gasteiger partial charge is 0.371 e. The zero-order chi connectivity index (χ0) is 13.2. The lowest BCUT2D eigenvalue weighted by Gasteiger charge is -2.45. The van der Waals surface area contributed by atoms with Crippen LogP contribution >= 0.6 is 0 Å². The van der Waals surface area contributed by atoms with E-state index in [9.17, 15) is 0 Å². The van der Waals surface area contributed by atoms with E-state index < -0.39 is 0 Å². The number of nitrogens with two attached hydrogens (primary N) is 1. The molecule has 0 bridgehead atoms. The van der Waals surface area contributed by atoms with Crippen LogP contribution in [-0.2, 0) is 0 Å². The lowest BCUT2D eigenvalue weighted by atomic mass is 9.74. The Balaban J connectivity index is 2.13. The van der Waals surface area contributed by atoms with Gasteiger partial charge in [-0.3, -0.25) is 0 Å². The van der Waals surface area contributed by atoms with Gasteiger partial charge in [-0.25, -0.2) is 0 Å². The second-order valence-corrected chi connectivity index (χ2v) is 5.79. The number of rotatable bonds is 2. The van der Waals surface area contributed by atoms with Gasteiger partial charge in [0.2, 0.25) is 0 Å². The molecule has 1 aliphatic rings. The Morgan fingerprint density at radius 2 is 2.06 bits per heavy atom. The molecule has 1 unspecified atom stereocenters. The van der Waals surface area contributed by atoms with Gasteiger partial charge < -0.3 is 10.6 Å². The molecule has 1 saturated heterocycles. The van der Waals surface area contributed by atoms with Crippen LogP contribution in [0.3, 0.4) is 0 Å². The molecule has 1 heterocycles. The maximum absolute atomic E-state index is 8.81. The molecule has 0 radical (unpaired) electrons. The van der Waals surface area contributed by atoms with Crippen molar-refractivity contribution in [1.29, 1.82) is 5.26 Å². The molecule has 0 saturated carbocycles. The maximum Gasteiger partial charge on any atom is 0.0991 e. The number of nitriles is 1. The number of anilines is 1. The summed E-state index contributed by atoms with van der Waals surface area (Å²) < 4.78 is 0. The van der Waals surface area contributed by atoms with Crippen LogP contribution in [0.15, 0.2) is 24.3 Å². The number of piperidine rings is 1. The van der Waals surface area contributed by atoms with Crippen LogP contribution in [0, 0.1) is 22.7 Å². The normalized spacial score (nSPS) is 22.6. The third-order valence-electron chi connectivity index (χ3n) is 4.10. The Labute approximate surface area is 109 Å². The van der Waals surface area contributed by atoms with Crippen molar-refractivity contribution in [2.45, 2.75) is 20.3 Å². The van der Waals surface area contributed by atoms with E-state index in [0.717, 1.165) is 31.6 Å². The highest BCUT2D eigenvalue weighted by molar-refractivity contribution is 5.50. The van der Waals surface area contributed by atoms with E-state index in [1.54, 1.807) is 0 Å². The van der Waals surface area contributed by atoms with Gasteiger partial charge in [0.15, 0.2) is 0 Å². The van der Waals surface area contributed by atoms with E-state index in [0.29, 0.717) is 5.92 Å². The fraction of sp³-hybridized carbons (Fsp3) is 0.533. The van der Waals surface area contributed by atoms with Crippen molar-refractivity contribution < 1.29 is 0 Å². The minimum absolute atomic E-state index is 0.251. The Kier molecular flexibility index (Phi) is 3.58.